The van der Waals surface area contributed by atoms with Gasteiger partial charge >= 0.3 is 0 Å². The van der Waals surface area contributed by atoms with Crippen LogP contribution in [-0.2, 0) is 15.1 Å². The zero-order valence-electron chi connectivity index (χ0n) is 13.1. The highest BCUT2D eigenvalue weighted by atomic mass is 16.5. The summed E-state index contributed by atoms with van der Waals surface area (Å²) in [7, 11) is 0. The van der Waals surface area contributed by atoms with Crippen molar-refractivity contribution in [1.82, 2.24) is 4.57 Å². The number of ether oxygens (including phenoxy) is 1. The number of hydrogen-bond donors (Lipinski definition) is 1. The van der Waals surface area contributed by atoms with Crippen LogP contribution in [0.5, 0.6) is 0 Å². The molecule has 2 aliphatic heterocycles. The van der Waals surface area contributed by atoms with E-state index >= 15 is 0 Å². The van der Waals surface area contributed by atoms with Crippen LogP contribution in [0, 0.1) is 0 Å². The SMILES string of the molecule is O=CC1=C(O)C2(CCOCC2)n2c(ccc2-c2ccccc2)C1=O. The average Bonchev–Trinajstić information content (AvgIpc) is 3.08. The van der Waals surface area contributed by atoms with Crippen LogP contribution in [0.15, 0.2) is 53.8 Å². The fraction of sp³-hybridized carbons (Fsp3) is 0.263. The molecular weight excluding hydrogens is 306 g/mol. The molecule has 2 aliphatic rings. The summed E-state index contributed by atoms with van der Waals surface area (Å²) in [5.41, 5.74) is 1.33. The van der Waals surface area contributed by atoms with Gasteiger partial charge in [0.25, 0.3) is 0 Å². The van der Waals surface area contributed by atoms with Gasteiger partial charge in [-0.2, -0.15) is 0 Å². The van der Waals surface area contributed by atoms with E-state index in [1.54, 1.807) is 6.07 Å². The molecule has 0 saturated carbocycles. The van der Waals surface area contributed by atoms with Crippen molar-refractivity contribution >= 4 is 12.1 Å². The average molecular weight is 323 g/mol. The molecule has 0 radical (unpaired) electrons. The fourth-order valence-electron chi connectivity index (χ4n) is 3.79. The van der Waals surface area contributed by atoms with Gasteiger partial charge in [0.2, 0.25) is 5.78 Å². The molecule has 3 heterocycles. The zero-order chi connectivity index (χ0) is 16.7. The summed E-state index contributed by atoms with van der Waals surface area (Å²) in [5, 5.41) is 10.8. The summed E-state index contributed by atoms with van der Waals surface area (Å²) in [4.78, 5) is 24.0. The fourth-order valence-corrected chi connectivity index (χ4v) is 3.79. The molecule has 0 amide bonds. The van der Waals surface area contributed by atoms with Crippen molar-refractivity contribution in [3.8, 4) is 11.3 Å². The molecule has 0 unspecified atom stereocenters. The second-order valence-corrected chi connectivity index (χ2v) is 6.16. The lowest BCUT2D eigenvalue weighted by molar-refractivity contribution is -0.105. The molecular formula is C19H17NO4. The molecule has 1 saturated heterocycles. The number of aromatic nitrogens is 1. The van der Waals surface area contributed by atoms with Crippen LogP contribution in [-0.4, -0.2) is 35.0 Å². The van der Waals surface area contributed by atoms with Gasteiger partial charge in [-0.05, 0) is 17.7 Å². The summed E-state index contributed by atoms with van der Waals surface area (Å²) >= 11 is 0. The van der Waals surface area contributed by atoms with E-state index in [1.807, 2.05) is 41.0 Å². The van der Waals surface area contributed by atoms with Gasteiger partial charge in [0, 0.05) is 31.7 Å². The number of fused-ring (bicyclic) bond motifs is 2. The van der Waals surface area contributed by atoms with Crippen molar-refractivity contribution < 1.29 is 19.4 Å². The third kappa shape index (κ3) is 1.91. The molecule has 5 heteroatoms. The van der Waals surface area contributed by atoms with Gasteiger partial charge in [0.15, 0.2) is 6.29 Å². The number of rotatable bonds is 2. The van der Waals surface area contributed by atoms with Crippen LogP contribution in [0.25, 0.3) is 11.3 Å². The Labute approximate surface area is 139 Å². The molecule has 0 bridgehead atoms. The first kappa shape index (κ1) is 14.9. The van der Waals surface area contributed by atoms with Crippen molar-refractivity contribution in [2.24, 2.45) is 0 Å². The Morgan fingerprint density at radius 1 is 1.04 bits per heavy atom. The van der Waals surface area contributed by atoms with Crippen molar-refractivity contribution in [1.29, 1.82) is 0 Å². The Kier molecular flexibility index (Phi) is 3.39. The minimum atomic E-state index is -0.799. The van der Waals surface area contributed by atoms with Gasteiger partial charge in [0.05, 0.1) is 5.69 Å². The van der Waals surface area contributed by atoms with Gasteiger partial charge in [-0.3, -0.25) is 9.59 Å². The zero-order valence-corrected chi connectivity index (χ0v) is 13.1. The second kappa shape index (κ2) is 5.46. The number of allylic oxidation sites excluding steroid dienone is 2. The minimum absolute atomic E-state index is 0.133. The lowest BCUT2D eigenvalue weighted by Gasteiger charge is -2.43. The molecule has 1 aromatic carbocycles. The van der Waals surface area contributed by atoms with E-state index < -0.39 is 11.3 Å². The normalized spacial score (nSPS) is 19.4. The summed E-state index contributed by atoms with van der Waals surface area (Å²) < 4.78 is 7.36. The number of Topliss-reactive ketones (excluding diaryl/α,β-unsaturated/α-hetero) is 1. The van der Waals surface area contributed by atoms with Crippen LogP contribution in [0.3, 0.4) is 0 Å². The number of hydrogen-bond acceptors (Lipinski definition) is 4. The molecule has 24 heavy (non-hydrogen) atoms. The van der Waals surface area contributed by atoms with Crippen LogP contribution in [0.4, 0.5) is 0 Å². The van der Waals surface area contributed by atoms with Gasteiger partial charge in [-0.15, -0.1) is 0 Å². The first-order chi connectivity index (χ1) is 11.7. The molecule has 2 aromatic rings. The molecule has 1 aromatic heterocycles. The number of benzene rings is 1. The molecule has 5 nitrogen and oxygen atoms in total. The largest absolute Gasteiger partial charge is 0.509 e. The van der Waals surface area contributed by atoms with Crippen LogP contribution in [0.2, 0.25) is 0 Å². The van der Waals surface area contributed by atoms with E-state index in [4.69, 9.17) is 4.74 Å². The van der Waals surface area contributed by atoms with E-state index in [1.165, 1.54) is 0 Å². The summed E-state index contributed by atoms with van der Waals surface area (Å²) in [5.74, 6) is -0.562. The number of aliphatic hydroxyl groups is 1. The summed E-state index contributed by atoms with van der Waals surface area (Å²) in [6.07, 6.45) is 1.50. The number of aldehydes is 1. The monoisotopic (exact) mass is 323 g/mol. The quantitative estimate of drug-likeness (QED) is 0.681. The predicted molar refractivity (Wildman–Crippen MR) is 87.9 cm³/mol. The summed E-state index contributed by atoms with van der Waals surface area (Å²) in [6, 6.07) is 13.3. The molecule has 1 N–H and O–H groups in total. The van der Waals surface area contributed by atoms with Gasteiger partial charge in [0.1, 0.15) is 16.9 Å². The summed E-state index contributed by atoms with van der Waals surface area (Å²) in [6.45, 7) is 0.937. The Morgan fingerprint density at radius 2 is 1.71 bits per heavy atom. The number of aliphatic hydroxyl groups excluding tert-OH is 1. The molecule has 122 valence electrons. The van der Waals surface area contributed by atoms with E-state index in [9.17, 15) is 14.7 Å². The van der Waals surface area contributed by atoms with Crippen molar-refractivity contribution in [2.75, 3.05) is 13.2 Å². The highest BCUT2D eigenvalue weighted by Gasteiger charge is 2.47. The van der Waals surface area contributed by atoms with Crippen LogP contribution in [0.1, 0.15) is 23.3 Å². The molecule has 1 spiro atoms. The molecule has 0 atom stereocenters. The number of ketones is 1. The first-order valence-corrected chi connectivity index (χ1v) is 7.98. The Bertz CT molecular complexity index is 842. The number of carbonyl (C=O) groups excluding carboxylic acids is 2. The van der Waals surface area contributed by atoms with E-state index in [0.717, 1.165) is 11.3 Å². The first-order valence-electron chi connectivity index (χ1n) is 7.98. The molecule has 0 aliphatic carbocycles. The number of nitrogens with zero attached hydrogens (tertiary/aromatic N) is 1. The molecule has 1 fully saturated rings. The Balaban J connectivity index is 2.00. The standard InChI is InChI=1S/C19H17NO4/c21-12-14-17(22)16-7-6-15(13-4-2-1-3-5-13)20(16)19(18(14)23)8-10-24-11-9-19/h1-7,12,23H,8-11H2. The van der Waals surface area contributed by atoms with Crippen molar-refractivity contribution in [2.45, 2.75) is 18.4 Å². The topological polar surface area (TPSA) is 68.5 Å². The highest BCUT2D eigenvalue weighted by Crippen LogP contribution is 2.44. The smallest absolute Gasteiger partial charge is 0.216 e. The molecule has 4 rings (SSSR count). The highest BCUT2D eigenvalue weighted by molar-refractivity contribution is 6.21. The van der Waals surface area contributed by atoms with E-state index in [-0.39, 0.29) is 11.3 Å². The maximum atomic E-state index is 12.6. The number of carbonyl (C=O) groups is 2. The maximum Gasteiger partial charge on any atom is 0.216 e. The predicted octanol–water partition coefficient (Wildman–Crippen LogP) is 2.87. The van der Waals surface area contributed by atoms with E-state index in [0.29, 0.717) is 38.0 Å². The van der Waals surface area contributed by atoms with Crippen LogP contribution >= 0.6 is 0 Å². The van der Waals surface area contributed by atoms with Crippen molar-refractivity contribution in [3.05, 3.63) is 59.5 Å². The van der Waals surface area contributed by atoms with Crippen molar-refractivity contribution in [3.63, 3.8) is 0 Å². The maximum absolute atomic E-state index is 12.6. The minimum Gasteiger partial charge on any atom is -0.509 e. The third-order valence-electron chi connectivity index (χ3n) is 4.99. The van der Waals surface area contributed by atoms with E-state index in [2.05, 4.69) is 0 Å². The Morgan fingerprint density at radius 3 is 2.38 bits per heavy atom. The van der Waals surface area contributed by atoms with Crippen LogP contribution < -0.4 is 0 Å². The third-order valence-corrected chi connectivity index (χ3v) is 4.99. The lowest BCUT2D eigenvalue weighted by atomic mass is 9.81. The lowest BCUT2D eigenvalue weighted by Crippen LogP contribution is -2.47. The van der Waals surface area contributed by atoms with Gasteiger partial charge < -0.3 is 14.4 Å². The van der Waals surface area contributed by atoms with Gasteiger partial charge in [-0.25, -0.2) is 0 Å². The Hall–Kier alpha value is -2.66. The second-order valence-electron chi connectivity index (χ2n) is 6.16. The van der Waals surface area contributed by atoms with Gasteiger partial charge in [-0.1, -0.05) is 30.3 Å².